The van der Waals surface area contributed by atoms with Gasteiger partial charge in [0.15, 0.2) is 17.0 Å². The minimum atomic E-state index is -0.462. The van der Waals surface area contributed by atoms with Gasteiger partial charge in [0.1, 0.15) is 5.84 Å². The van der Waals surface area contributed by atoms with Gasteiger partial charge in [-0.25, -0.2) is 4.98 Å². The molecular weight excluding hydrogens is 718 g/mol. The van der Waals surface area contributed by atoms with Crippen molar-refractivity contribution in [3.05, 3.63) is 72.1 Å². The van der Waals surface area contributed by atoms with Crippen LogP contribution in [0.1, 0.15) is 128 Å². The Labute approximate surface area is 368 Å². The Balaban J connectivity index is -0.0000000257. The van der Waals surface area contributed by atoms with Crippen LogP contribution >= 0.6 is 11.6 Å². The Hall–Kier alpha value is 0.498. The predicted octanol–water partition coefficient (Wildman–Crippen LogP) is 11.5. The van der Waals surface area contributed by atoms with E-state index in [2.05, 4.69) is 27.4 Å². The SMILES string of the molecule is C.C.C.CC.CC.CC.CC.CC.CC.CC(N)=NO.Cc1noc(-c2[c-]cccc2)n1.O=C(Cl)c1[c-]cccc1.[Ar].[Ar].[V].[V]. The second kappa shape index (κ2) is 79.7. The fraction of sp³-hybridized carbons (Fsp3) is 0.515. The Bertz CT molecular complexity index is 846. The molecule has 0 aliphatic heterocycles. The molecule has 12 heteroatoms. The Morgan fingerprint density at radius 2 is 1.16 bits per heavy atom. The van der Waals surface area contributed by atoms with Gasteiger partial charge in [0.05, 0.1) is 0 Å². The minimum absolute atomic E-state index is 0. The van der Waals surface area contributed by atoms with E-state index in [9.17, 15) is 4.79 Å². The Kier molecular flexibility index (Phi) is 151. The number of amidine groups is 1. The number of hydrogen-bond donors (Lipinski definition) is 2. The molecule has 3 aromatic rings. The zero-order chi connectivity index (χ0) is 31.4. The smallest absolute Gasteiger partial charge is 0.172 e. The van der Waals surface area contributed by atoms with Crippen LogP contribution in [0.15, 0.2) is 58.2 Å². The molecule has 0 aliphatic rings. The third-order valence-electron chi connectivity index (χ3n) is 2.55. The van der Waals surface area contributed by atoms with E-state index < -0.39 is 5.24 Å². The van der Waals surface area contributed by atoms with Crippen molar-refractivity contribution >= 4 is 22.7 Å². The summed E-state index contributed by atoms with van der Waals surface area (Å²) in [7, 11) is 0. The van der Waals surface area contributed by atoms with Crippen molar-refractivity contribution in [1.82, 2.24) is 10.1 Å². The van der Waals surface area contributed by atoms with Crippen molar-refractivity contribution in [3.8, 4) is 11.5 Å². The maximum atomic E-state index is 10.4. The summed E-state index contributed by atoms with van der Waals surface area (Å²) in [5.41, 5.74) is 6.04. The molecule has 0 atom stereocenters. The molecule has 7 nitrogen and oxygen atoms in total. The molecule has 2 aromatic carbocycles. The molecule has 3 N–H and O–H groups in total. The number of aromatic nitrogens is 2. The van der Waals surface area contributed by atoms with E-state index in [-0.39, 0.29) is 141 Å². The number of carbonyl (C=O) groups is 1. The maximum absolute atomic E-state index is 10.4. The first-order valence-corrected chi connectivity index (χ1v) is 13.7. The molecule has 3 rings (SSSR count). The zero-order valence-corrected chi connectivity index (χ0v) is 32.7. The number of nitrogens with zero attached hydrogens (tertiary/aromatic N) is 3. The summed E-state index contributed by atoms with van der Waals surface area (Å²) in [6.07, 6.45) is 0. The van der Waals surface area contributed by atoms with Crippen LogP contribution in [0, 0.1) is 94.5 Å². The normalized spacial score (nSPS) is 6.60. The molecule has 0 amide bonds. The van der Waals surface area contributed by atoms with Crippen LogP contribution in [-0.4, -0.2) is 26.4 Å². The van der Waals surface area contributed by atoms with Gasteiger partial charge in [0.2, 0.25) is 0 Å². The van der Waals surface area contributed by atoms with E-state index in [1.807, 2.05) is 107 Å². The summed E-state index contributed by atoms with van der Waals surface area (Å²) in [5, 5.41) is 13.4. The minimum Gasteiger partial charge on any atom is -0.409 e. The first-order chi connectivity index (χ1) is 18.4. The summed E-state index contributed by atoms with van der Waals surface area (Å²) >= 11 is 5.13. The summed E-state index contributed by atoms with van der Waals surface area (Å²) in [4.78, 5) is 14.5. The molecule has 1 heterocycles. The monoisotopic (exact) mass is 782 g/mol. The van der Waals surface area contributed by atoms with Gasteiger partial charge < -0.3 is 20.3 Å². The summed E-state index contributed by atoms with van der Waals surface area (Å²) < 4.78 is 4.96. The van der Waals surface area contributed by atoms with Crippen molar-refractivity contribution in [1.29, 1.82) is 0 Å². The second-order valence-corrected chi connectivity index (χ2v) is 5.06. The van der Waals surface area contributed by atoms with Crippen LogP contribution in [0.2, 0.25) is 0 Å². The number of aryl methyl sites for hydroxylation is 1. The molecule has 0 saturated heterocycles. The van der Waals surface area contributed by atoms with Crippen molar-refractivity contribution in [3.63, 3.8) is 0 Å². The molecule has 0 spiro atoms. The van der Waals surface area contributed by atoms with Gasteiger partial charge in [-0.3, -0.25) is 0 Å². The average Bonchev–Trinajstić information content (AvgIpc) is 3.47. The number of oxime groups is 1. The van der Waals surface area contributed by atoms with E-state index in [0.29, 0.717) is 17.3 Å². The van der Waals surface area contributed by atoms with E-state index in [1.165, 1.54) is 6.92 Å². The first-order valence-electron chi connectivity index (χ1n) is 13.3. The fourth-order valence-electron chi connectivity index (χ4n) is 1.45. The van der Waals surface area contributed by atoms with Crippen LogP contribution in [0.25, 0.3) is 11.5 Å². The van der Waals surface area contributed by atoms with E-state index in [0.717, 1.165) is 5.56 Å². The van der Waals surface area contributed by atoms with Gasteiger partial charge >= 0.3 is 0 Å². The molecule has 1 aromatic heterocycles. The second-order valence-electron chi connectivity index (χ2n) is 4.71. The van der Waals surface area contributed by atoms with Gasteiger partial charge in [-0.15, -0.1) is 72.3 Å². The number of halogens is 1. The number of benzene rings is 2. The van der Waals surface area contributed by atoms with Crippen LogP contribution < -0.4 is 5.73 Å². The Morgan fingerprint density at radius 3 is 1.36 bits per heavy atom. The van der Waals surface area contributed by atoms with Crippen molar-refractivity contribution in [2.45, 2.75) is 119 Å². The van der Waals surface area contributed by atoms with Crippen LogP contribution in [0.5, 0.6) is 0 Å². The third kappa shape index (κ3) is 63.8. The predicted molar refractivity (Wildman–Crippen MR) is 186 cm³/mol. The van der Waals surface area contributed by atoms with Gasteiger partial charge in [-0.05, 0) is 13.8 Å². The fourth-order valence-corrected chi connectivity index (χ4v) is 1.57. The van der Waals surface area contributed by atoms with E-state index >= 15 is 0 Å². The molecule has 2 radical (unpaired) electrons. The van der Waals surface area contributed by atoms with Gasteiger partial charge in [-0.1, -0.05) is 127 Å². The number of nitrogens with two attached hydrogens (primary N) is 1. The van der Waals surface area contributed by atoms with Crippen LogP contribution in [0.3, 0.4) is 0 Å². The van der Waals surface area contributed by atoms with Crippen molar-refractivity contribution < 1.29 is 127 Å². The quantitative estimate of drug-likeness (QED) is 0.0668. The molecule has 270 valence electrons. The van der Waals surface area contributed by atoms with E-state index in [1.54, 1.807) is 31.2 Å². The maximum Gasteiger partial charge on any atom is 0.172 e. The molecule has 0 unspecified atom stereocenters. The van der Waals surface area contributed by atoms with Gasteiger partial charge in [0, 0.05) is 113 Å². The summed E-state index contributed by atoms with van der Waals surface area (Å²) in [5.74, 6) is 1.35. The zero-order valence-electron chi connectivity index (χ0n) is 27.8. The molecular formula is C33H65Ar2ClN4O3V2-2. The summed E-state index contributed by atoms with van der Waals surface area (Å²) in [6.45, 7) is 27.3. The van der Waals surface area contributed by atoms with Crippen molar-refractivity contribution in [2.75, 3.05) is 0 Å². The average molecular weight is 783 g/mol. The molecule has 0 saturated carbocycles. The van der Waals surface area contributed by atoms with Gasteiger partial charge in [-0.2, -0.15) is 0 Å². The molecule has 0 bridgehead atoms. The molecule has 45 heavy (non-hydrogen) atoms. The van der Waals surface area contributed by atoms with Gasteiger partial charge in [0.25, 0.3) is 0 Å². The molecule has 0 aliphatic carbocycles. The standard InChI is InChI=1S/C9H7N2O.C7H4ClO.C2H6N2O.6C2H6.3CH4.2Ar.2V/c1-7-10-9(12-11-7)8-5-3-2-4-6-8;8-7(9)6-4-2-1-3-5-6;1-2(3)4-5;6*1-2;;;;;;;/h2-5H,1H3;1-4H;5H,1H3,(H2,3,4);6*1-2H3;3*1H4;;;;/q2*-1;;;;;;;;;;;;;;. The van der Waals surface area contributed by atoms with E-state index in [4.69, 9.17) is 27.1 Å². The van der Waals surface area contributed by atoms with Crippen LogP contribution in [-0.2, 0) is 37.1 Å². The largest absolute Gasteiger partial charge is 0.409 e. The van der Waals surface area contributed by atoms with Crippen molar-refractivity contribution in [2.24, 2.45) is 10.9 Å². The number of hydrogen-bond acceptors (Lipinski definition) is 6. The summed E-state index contributed by atoms with van der Waals surface area (Å²) in [6, 6.07) is 20.0. The number of rotatable bonds is 2. The molecule has 0 fully saturated rings. The Morgan fingerprint density at radius 1 is 0.800 bits per heavy atom. The topological polar surface area (TPSA) is 115 Å². The number of carbonyl (C=O) groups excluding carboxylic acids is 1. The van der Waals surface area contributed by atoms with Crippen LogP contribution in [0.4, 0.5) is 0 Å². The first kappa shape index (κ1) is 85.3. The third-order valence-corrected chi connectivity index (χ3v) is 2.75.